The van der Waals surface area contributed by atoms with Crippen LogP contribution in [0.25, 0.3) is 0 Å². The van der Waals surface area contributed by atoms with Crippen molar-refractivity contribution in [2.45, 2.75) is 51.5 Å². The molecular formula is C15H29N3O. The van der Waals surface area contributed by atoms with Gasteiger partial charge in [0.15, 0.2) is 0 Å². The molecule has 0 spiro atoms. The summed E-state index contributed by atoms with van der Waals surface area (Å²) >= 11 is 0. The molecule has 4 heteroatoms. The lowest BCUT2D eigenvalue weighted by Crippen LogP contribution is -2.48. The summed E-state index contributed by atoms with van der Waals surface area (Å²) in [6.07, 6.45) is 6.96. The molecule has 19 heavy (non-hydrogen) atoms. The summed E-state index contributed by atoms with van der Waals surface area (Å²) in [6, 6.07) is 0.444. The molecule has 2 saturated heterocycles. The Labute approximate surface area is 117 Å². The van der Waals surface area contributed by atoms with Gasteiger partial charge in [-0.25, -0.2) is 0 Å². The van der Waals surface area contributed by atoms with Crippen LogP contribution in [-0.4, -0.2) is 54.5 Å². The van der Waals surface area contributed by atoms with Gasteiger partial charge in [-0.05, 0) is 44.8 Å². The van der Waals surface area contributed by atoms with E-state index in [0.29, 0.717) is 30.8 Å². The normalized spacial score (nSPS) is 29.2. The standard InChI is InChI=1S/C15H29N3O/c1-2-3-4-7-17-8-5-6-14(12-17)18-11-13(10-16)9-15(18)19/h13-14H,2-12,16H2,1H3. The Kier molecular flexibility index (Phi) is 5.64. The zero-order valence-electron chi connectivity index (χ0n) is 12.3. The Hall–Kier alpha value is -0.610. The van der Waals surface area contributed by atoms with E-state index < -0.39 is 0 Å². The fourth-order valence-electron chi connectivity index (χ4n) is 3.39. The van der Waals surface area contributed by atoms with Gasteiger partial charge in [0.1, 0.15) is 0 Å². The van der Waals surface area contributed by atoms with E-state index in [1.54, 1.807) is 0 Å². The molecule has 2 unspecified atom stereocenters. The molecule has 4 nitrogen and oxygen atoms in total. The van der Waals surface area contributed by atoms with Gasteiger partial charge in [-0.15, -0.1) is 0 Å². The Morgan fingerprint density at radius 2 is 2.16 bits per heavy atom. The number of amides is 1. The van der Waals surface area contributed by atoms with Crippen LogP contribution < -0.4 is 5.73 Å². The summed E-state index contributed by atoms with van der Waals surface area (Å²) in [5, 5.41) is 0. The van der Waals surface area contributed by atoms with Crippen LogP contribution in [0.5, 0.6) is 0 Å². The first kappa shape index (κ1) is 14.8. The fourth-order valence-corrected chi connectivity index (χ4v) is 3.39. The molecule has 0 radical (unpaired) electrons. The summed E-state index contributed by atoms with van der Waals surface area (Å²) in [4.78, 5) is 16.7. The van der Waals surface area contributed by atoms with Gasteiger partial charge in [0.2, 0.25) is 5.91 Å². The quantitative estimate of drug-likeness (QED) is 0.741. The number of unbranched alkanes of at least 4 members (excludes halogenated alkanes) is 2. The van der Waals surface area contributed by atoms with Crippen molar-refractivity contribution in [1.29, 1.82) is 0 Å². The van der Waals surface area contributed by atoms with Gasteiger partial charge >= 0.3 is 0 Å². The van der Waals surface area contributed by atoms with Gasteiger partial charge in [0.25, 0.3) is 0 Å². The van der Waals surface area contributed by atoms with Crippen LogP contribution in [-0.2, 0) is 4.79 Å². The van der Waals surface area contributed by atoms with Crippen LogP contribution in [0.3, 0.4) is 0 Å². The van der Waals surface area contributed by atoms with E-state index in [-0.39, 0.29) is 0 Å². The van der Waals surface area contributed by atoms with Crippen molar-refractivity contribution >= 4 is 5.91 Å². The van der Waals surface area contributed by atoms with Gasteiger partial charge in [0.05, 0.1) is 0 Å². The van der Waals surface area contributed by atoms with Gasteiger partial charge in [-0.3, -0.25) is 4.79 Å². The van der Waals surface area contributed by atoms with Crippen LogP contribution >= 0.6 is 0 Å². The number of carbonyl (C=O) groups excluding carboxylic acids is 1. The molecule has 2 fully saturated rings. The van der Waals surface area contributed by atoms with Crippen molar-refractivity contribution in [3.05, 3.63) is 0 Å². The van der Waals surface area contributed by atoms with Crippen LogP contribution in [0.1, 0.15) is 45.4 Å². The lowest BCUT2D eigenvalue weighted by atomic mass is 10.0. The molecule has 0 bridgehead atoms. The number of nitrogens with two attached hydrogens (primary N) is 1. The van der Waals surface area contributed by atoms with Crippen molar-refractivity contribution in [1.82, 2.24) is 9.80 Å². The topological polar surface area (TPSA) is 49.6 Å². The highest BCUT2D eigenvalue weighted by Crippen LogP contribution is 2.24. The molecule has 0 aromatic carbocycles. The minimum atomic E-state index is 0.329. The minimum absolute atomic E-state index is 0.329. The van der Waals surface area contributed by atoms with E-state index in [1.165, 1.54) is 45.2 Å². The summed E-state index contributed by atoms with van der Waals surface area (Å²) < 4.78 is 0. The van der Waals surface area contributed by atoms with Gasteiger partial charge in [-0.1, -0.05) is 19.8 Å². The van der Waals surface area contributed by atoms with E-state index in [0.717, 1.165) is 13.1 Å². The predicted molar refractivity (Wildman–Crippen MR) is 77.9 cm³/mol. The van der Waals surface area contributed by atoms with Crippen LogP contribution in [0.4, 0.5) is 0 Å². The number of piperidine rings is 1. The Bertz CT molecular complexity index is 295. The molecule has 2 heterocycles. The molecule has 0 saturated carbocycles. The fraction of sp³-hybridized carbons (Fsp3) is 0.933. The highest BCUT2D eigenvalue weighted by Gasteiger charge is 2.35. The largest absolute Gasteiger partial charge is 0.338 e. The maximum Gasteiger partial charge on any atom is 0.223 e. The zero-order valence-corrected chi connectivity index (χ0v) is 12.3. The Balaban J connectivity index is 1.82. The first-order valence-electron chi connectivity index (χ1n) is 7.96. The average molecular weight is 267 g/mol. The van der Waals surface area contributed by atoms with Crippen molar-refractivity contribution in [2.24, 2.45) is 11.7 Å². The second-order valence-corrected chi connectivity index (χ2v) is 6.16. The molecular weight excluding hydrogens is 238 g/mol. The molecule has 1 amide bonds. The van der Waals surface area contributed by atoms with Gasteiger partial charge < -0.3 is 15.5 Å². The number of nitrogens with zero attached hydrogens (tertiary/aromatic N) is 2. The monoisotopic (exact) mass is 267 g/mol. The highest BCUT2D eigenvalue weighted by atomic mass is 16.2. The van der Waals surface area contributed by atoms with E-state index in [9.17, 15) is 4.79 Å². The van der Waals surface area contributed by atoms with Crippen molar-refractivity contribution in [2.75, 3.05) is 32.7 Å². The summed E-state index contributed by atoms with van der Waals surface area (Å²) in [6.45, 7) is 7.27. The second-order valence-electron chi connectivity index (χ2n) is 6.16. The van der Waals surface area contributed by atoms with Gasteiger partial charge in [0, 0.05) is 25.6 Å². The maximum absolute atomic E-state index is 12.1. The molecule has 2 aliphatic rings. The number of likely N-dealkylation sites (tertiary alicyclic amines) is 2. The first-order valence-corrected chi connectivity index (χ1v) is 7.96. The van der Waals surface area contributed by atoms with Crippen molar-refractivity contribution in [3.63, 3.8) is 0 Å². The van der Waals surface area contributed by atoms with Crippen LogP contribution in [0, 0.1) is 5.92 Å². The Morgan fingerprint density at radius 3 is 2.84 bits per heavy atom. The van der Waals surface area contributed by atoms with E-state index in [4.69, 9.17) is 5.73 Å². The molecule has 2 rings (SSSR count). The number of hydrogen-bond donors (Lipinski definition) is 1. The van der Waals surface area contributed by atoms with Crippen molar-refractivity contribution < 1.29 is 4.79 Å². The molecule has 0 aromatic heterocycles. The number of hydrogen-bond acceptors (Lipinski definition) is 3. The Morgan fingerprint density at radius 1 is 1.32 bits per heavy atom. The van der Waals surface area contributed by atoms with Gasteiger partial charge in [-0.2, -0.15) is 0 Å². The minimum Gasteiger partial charge on any atom is -0.338 e. The molecule has 110 valence electrons. The third-order valence-corrected chi connectivity index (χ3v) is 4.57. The number of rotatable bonds is 6. The third-order valence-electron chi connectivity index (χ3n) is 4.57. The summed E-state index contributed by atoms with van der Waals surface area (Å²) in [5.41, 5.74) is 5.71. The van der Waals surface area contributed by atoms with Crippen LogP contribution in [0.15, 0.2) is 0 Å². The lowest BCUT2D eigenvalue weighted by molar-refractivity contribution is -0.130. The molecule has 2 aliphatic heterocycles. The predicted octanol–water partition coefficient (Wildman–Crippen LogP) is 1.45. The lowest BCUT2D eigenvalue weighted by Gasteiger charge is -2.37. The van der Waals surface area contributed by atoms with Crippen molar-refractivity contribution in [3.8, 4) is 0 Å². The molecule has 0 aromatic rings. The summed E-state index contributed by atoms with van der Waals surface area (Å²) in [5.74, 6) is 0.721. The van der Waals surface area contributed by atoms with E-state index in [2.05, 4.69) is 16.7 Å². The molecule has 2 atom stereocenters. The zero-order chi connectivity index (χ0) is 13.7. The SMILES string of the molecule is CCCCCN1CCCC(N2CC(CN)CC2=O)C1. The third kappa shape index (κ3) is 3.93. The molecule has 0 aliphatic carbocycles. The summed E-state index contributed by atoms with van der Waals surface area (Å²) in [7, 11) is 0. The van der Waals surface area contributed by atoms with Crippen LogP contribution in [0.2, 0.25) is 0 Å². The first-order chi connectivity index (χ1) is 9.24. The smallest absolute Gasteiger partial charge is 0.223 e. The highest BCUT2D eigenvalue weighted by molar-refractivity contribution is 5.79. The number of carbonyl (C=O) groups is 1. The van der Waals surface area contributed by atoms with E-state index in [1.807, 2.05) is 0 Å². The molecule has 2 N–H and O–H groups in total. The average Bonchev–Trinajstić information content (AvgIpc) is 2.81. The van der Waals surface area contributed by atoms with E-state index >= 15 is 0 Å². The maximum atomic E-state index is 12.1. The second kappa shape index (κ2) is 7.25.